The van der Waals surface area contributed by atoms with Gasteiger partial charge in [0.1, 0.15) is 11.8 Å². The minimum atomic E-state index is -0.801. The Balaban J connectivity index is 1.89. The highest BCUT2D eigenvalue weighted by Crippen LogP contribution is 2.26. The molecule has 1 aromatic carbocycles. The van der Waals surface area contributed by atoms with E-state index in [2.05, 4.69) is 15.4 Å². The number of aryl methyl sites for hydroxylation is 1. The molecular formula is C20H20N4O3. The van der Waals surface area contributed by atoms with Gasteiger partial charge in [-0.3, -0.25) is 14.6 Å². The maximum Gasteiger partial charge on any atom is 0.267 e. The van der Waals surface area contributed by atoms with E-state index in [0.29, 0.717) is 17.1 Å². The number of pyridine rings is 1. The van der Waals surface area contributed by atoms with E-state index in [1.807, 2.05) is 19.1 Å². The first-order chi connectivity index (χ1) is 13.0. The van der Waals surface area contributed by atoms with Crippen molar-refractivity contribution in [1.82, 2.24) is 14.8 Å². The van der Waals surface area contributed by atoms with Gasteiger partial charge in [-0.25, -0.2) is 4.68 Å². The minimum Gasteiger partial charge on any atom is -0.495 e. The van der Waals surface area contributed by atoms with Crippen LogP contribution in [-0.2, 0) is 4.79 Å². The summed E-state index contributed by atoms with van der Waals surface area (Å²) in [6.45, 7) is 3.55. The second kappa shape index (κ2) is 7.82. The lowest BCUT2D eigenvalue weighted by Crippen LogP contribution is -2.33. The molecule has 1 unspecified atom stereocenters. The fraction of sp³-hybridized carbons (Fsp3) is 0.200. The van der Waals surface area contributed by atoms with E-state index < -0.39 is 6.04 Å². The molecule has 0 saturated carbocycles. The summed E-state index contributed by atoms with van der Waals surface area (Å²) in [6, 6.07) is 11.3. The Hall–Kier alpha value is -3.48. The normalized spacial score (nSPS) is 11.7. The van der Waals surface area contributed by atoms with Crippen molar-refractivity contribution in [2.45, 2.75) is 19.9 Å². The van der Waals surface area contributed by atoms with Crippen molar-refractivity contribution in [1.29, 1.82) is 0 Å². The predicted molar refractivity (Wildman–Crippen MR) is 103 cm³/mol. The molecule has 2 heterocycles. The molecule has 0 saturated heterocycles. The van der Waals surface area contributed by atoms with E-state index in [1.54, 1.807) is 43.6 Å². The molecule has 2 aromatic heterocycles. The maximum atomic E-state index is 12.7. The van der Waals surface area contributed by atoms with E-state index in [-0.39, 0.29) is 11.5 Å². The number of benzene rings is 1. The number of hydrogen-bond acceptors (Lipinski definition) is 5. The average molecular weight is 364 g/mol. The topological polar surface area (TPSA) is 86.1 Å². The molecule has 0 spiro atoms. The average Bonchev–Trinajstić information content (AvgIpc) is 2.68. The Kier molecular flexibility index (Phi) is 5.30. The zero-order chi connectivity index (χ0) is 19.4. The standard InChI is InChI=1S/C20H20N4O3/c1-13-4-6-18(27-3)17(12-13)22-20(26)14(2)24-19(25)7-5-16(23-24)15-8-10-21-11-9-15/h4-12,14H,1-3H3,(H,22,26). The van der Waals surface area contributed by atoms with Crippen molar-refractivity contribution in [3.63, 3.8) is 0 Å². The third kappa shape index (κ3) is 4.03. The van der Waals surface area contributed by atoms with Gasteiger partial charge in [-0.15, -0.1) is 0 Å². The Morgan fingerprint density at radius 3 is 2.59 bits per heavy atom. The largest absolute Gasteiger partial charge is 0.495 e. The predicted octanol–water partition coefficient (Wildman–Crippen LogP) is 2.82. The third-order valence-corrected chi connectivity index (χ3v) is 4.16. The van der Waals surface area contributed by atoms with Gasteiger partial charge in [-0.2, -0.15) is 5.10 Å². The van der Waals surface area contributed by atoms with Gasteiger partial charge in [0, 0.05) is 24.0 Å². The molecule has 1 atom stereocenters. The van der Waals surface area contributed by atoms with Crippen LogP contribution in [0.5, 0.6) is 5.75 Å². The lowest BCUT2D eigenvalue weighted by Gasteiger charge is -2.16. The van der Waals surface area contributed by atoms with Crippen LogP contribution in [0.1, 0.15) is 18.5 Å². The number of ether oxygens (including phenoxy) is 1. The molecule has 0 aliphatic heterocycles. The zero-order valence-electron chi connectivity index (χ0n) is 15.3. The first kappa shape index (κ1) is 18.3. The third-order valence-electron chi connectivity index (χ3n) is 4.16. The highest BCUT2D eigenvalue weighted by atomic mass is 16.5. The Labute approximate surface area is 156 Å². The molecule has 138 valence electrons. The molecule has 3 aromatic rings. The van der Waals surface area contributed by atoms with Gasteiger partial charge >= 0.3 is 0 Å². The molecule has 7 nitrogen and oxygen atoms in total. The van der Waals surface area contributed by atoms with Gasteiger partial charge < -0.3 is 10.1 Å². The van der Waals surface area contributed by atoms with Crippen LogP contribution in [-0.4, -0.2) is 27.8 Å². The lowest BCUT2D eigenvalue weighted by atomic mass is 10.2. The van der Waals surface area contributed by atoms with Gasteiger partial charge in [-0.05, 0) is 49.7 Å². The van der Waals surface area contributed by atoms with E-state index in [4.69, 9.17) is 4.74 Å². The number of hydrogen-bond donors (Lipinski definition) is 1. The van der Waals surface area contributed by atoms with Crippen LogP contribution >= 0.6 is 0 Å². The van der Waals surface area contributed by atoms with E-state index in [9.17, 15) is 9.59 Å². The van der Waals surface area contributed by atoms with Crippen molar-refractivity contribution in [2.75, 3.05) is 12.4 Å². The van der Waals surface area contributed by atoms with E-state index in [0.717, 1.165) is 11.1 Å². The van der Waals surface area contributed by atoms with Gasteiger partial charge in [-0.1, -0.05) is 6.07 Å². The van der Waals surface area contributed by atoms with Gasteiger partial charge in [0.05, 0.1) is 18.5 Å². The molecule has 27 heavy (non-hydrogen) atoms. The molecule has 0 aliphatic carbocycles. The van der Waals surface area contributed by atoms with Crippen molar-refractivity contribution in [2.24, 2.45) is 0 Å². The number of methoxy groups -OCH3 is 1. The SMILES string of the molecule is COc1ccc(C)cc1NC(=O)C(C)n1nc(-c2ccncc2)ccc1=O. The molecule has 0 fully saturated rings. The minimum absolute atomic E-state index is 0.355. The second-order valence-corrected chi connectivity index (χ2v) is 6.11. The van der Waals surface area contributed by atoms with Crippen LogP contribution in [0.4, 0.5) is 5.69 Å². The first-order valence-electron chi connectivity index (χ1n) is 8.45. The number of nitrogens with one attached hydrogen (secondary N) is 1. The molecule has 3 rings (SSSR count). The molecule has 0 bridgehead atoms. The van der Waals surface area contributed by atoms with Crippen molar-refractivity contribution in [3.05, 3.63) is 70.8 Å². The maximum absolute atomic E-state index is 12.7. The summed E-state index contributed by atoms with van der Waals surface area (Å²) in [6.07, 6.45) is 3.29. The van der Waals surface area contributed by atoms with Crippen LogP contribution < -0.4 is 15.6 Å². The van der Waals surface area contributed by atoms with Crippen LogP contribution in [0, 0.1) is 6.92 Å². The lowest BCUT2D eigenvalue weighted by molar-refractivity contribution is -0.119. The highest BCUT2D eigenvalue weighted by molar-refractivity contribution is 5.94. The summed E-state index contributed by atoms with van der Waals surface area (Å²) in [7, 11) is 1.54. The van der Waals surface area contributed by atoms with Crippen molar-refractivity contribution >= 4 is 11.6 Å². The van der Waals surface area contributed by atoms with Crippen molar-refractivity contribution < 1.29 is 9.53 Å². The Morgan fingerprint density at radius 1 is 1.15 bits per heavy atom. The molecule has 0 aliphatic rings. The van der Waals surface area contributed by atoms with Crippen LogP contribution in [0.2, 0.25) is 0 Å². The first-order valence-corrected chi connectivity index (χ1v) is 8.45. The van der Waals surface area contributed by atoms with Gasteiger partial charge in [0.15, 0.2) is 0 Å². The Bertz CT molecular complexity index is 1020. The summed E-state index contributed by atoms with van der Waals surface area (Å²) in [5, 5.41) is 7.16. The van der Waals surface area contributed by atoms with E-state index >= 15 is 0 Å². The number of carbonyl (C=O) groups is 1. The number of amides is 1. The van der Waals surface area contributed by atoms with Gasteiger partial charge in [0.2, 0.25) is 5.91 Å². The quantitative estimate of drug-likeness (QED) is 0.752. The molecule has 0 radical (unpaired) electrons. The zero-order valence-corrected chi connectivity index (χ0v) is 15.3. The van der Waals surface area contributed by atoms with Crippen LogP contribution in [0.25, 0.3) is 11.3 Å². The van der Waals surface area contributed by atoms with Crippen molar-refractivity contribution in [3.8, 4) is 17.0 Å². The molecular weight excluding hydrogens is 344 g/mol. The van der Waals surface area contributed by atoms with E-state index in [1.165, 1.54) is 17.9 Å². The monoisotopic (exact) mass is 364 g/mol. The number of nitrogens with zero attached hydrogens (tertiary/aromatic N) is 3. The molecule has 1 amide bonds. The summed E-state index contributed by atoms with van der Waals surface area (Å²) in [4.78, 5) is 28.9. The fourth-order valence-corrected chi connectivity index (χ4v) is 2.65. The summed E-state index contributed by atoms with van der Waals surface area (Å²) < 4.78 is 6.46. The number of rotatable bonds is 5. The fourth-order valence-electron chi connectivity index (χ4n) is 2.65. The molecule has 7 heteroatoms. The highest BCUT2D eigenvalue weighted by Gasteiger charge is 2.19. The summed E-state index contributed by atoms with van der Waals surface area (Å²) >= 11 is 0. The van der Waals surface area contributed by atoms with Crippen LogP contribution in [0.15, 0.2) is 59.7 Å². The molecule has 1 N–H and O–H groups in total. The second-order valence-electron chi connectivity index (χ2n) is 6.11. The number of anilines is 1. The summed E-state index contributed by atoms with van der Waals surface area (Å²) in [5.74, 6) is 0.187. The Morgan fingerprint density at radius 2 is 1.89 bits per heavy atom. The van der Waals surface area contributed by atoms with Crippen LogP contribution in [0.3, 0.4) is 0 Å². The number of aromatic nitrogens is 3. The van der Waals surface area contributed by atoms with Gasteiger partial charge in [0.25, 0.3) is 5.56 Å². The smallest absolute Gasteiger partial charge is 0.267 e. The summed E-state index contributed by atoms with van der Waals surface area (Å²) in [5.41, 5.74) is 2.57. The number of carbonyl (C=O) groups excluding carboxylic acids is 1.